The van der Waals surface area contributed by atoms with Crippen molar-refractivity contribution in [2.75, 3.05) is 6.54 Å². The first-order valence-electron chi connectivity index (χ1n) is 4.81. The molecule has 84 valence electrons. The van der Waals surface area contributed by atoms with Crippen molar-refractivity contribution in [3.8, 4) is 0 Å². The van der Waals surface area contributed by atoms with Crippen LogP contribution in [0.25, 0.3) is 0 Å². The van der Waals surface area contributed by atoms with E-state index in [2.05, 4.69) is 0 Å². The summed E-state index contributed by atoms with van der Waals surface area (Å²) in [5, 5.41) is 10.2. The minimum Gasteiger partial charge on any atom is -0.550 e. The van der Waals surface area contributed by atoms with Gasteiger partial charge in [0.15, 0.2) is 0 Å². The molecule has 6 nitrogen and oxygen atoms in total. The molecule has 1 heterocycles. The number of nitrogens with zero attached hydrogens (tertiary/aromatic N) is 1. The number of carboxylic acids is 1. The SMILES string of the molecule is NC(=O)[C@@H]1CCCN1C(=O)CCC(=O)[O-]. The van der Waals surface area contributed by atoms with E-state index in [9.17, 15) is 19.5 Å². The van der Waals surface area contributed by atoms with Crippen LogP contribution in [-0.4, -0.2) is 35.3 Å². The van der Waals surface area contributed by atoms with Gasteiger partial charge in [-0.25, -0.2) is 0 Å². The lowest BCUT2D eigenvalue weighted by atomic mass is 10.2. The van der Waals surface area contributed by atoms with E-state index in [1.807, 2.05) is 0 Å². The van der Waals surface area contributed by atoms with Gasteiger partial charge in [0.2, 0.25) is 11.8 Å². The van der Waals surface area contributed by atoms with E-state index in [-0.39, 0.29) is 18.7 Å². The van der Waals surface area contributed by atoms with Crippen LogP contribution in [0.15, 0.2) is 0 Å². The first-order valence-corrected chi connectivity index (χ1v) is 4.81. The van der Waals surface area contributed by atoms with E-state index in [1.54, 1.807) is 0 Å². The number of rotatable bonds is 4. The summed E-state index contributed by atoms with van der Waals surface area (Å²) in [6.45, 7) is 0.472. The average Bonchev–Trinajstić information content (AvgIpc) is 2.62. The molecule has 2 amide bonds. The van der Waals surface area contributed by atoms with E-state index in [4.69, 9.17) is 5.73 Å². The quantitative estimate of drug-likeness (QED) is 0.582. The fourth-order valence-corrected chi connectivity index (χ4v) is 1.71. The van der Waals surface area contributed by atoms with Crippen molar-refractivity contribution in [3.05, 3.63) is 0 Å². The highest BCUT2D eigenvalue weighted by atomic mass is 16.4. The van der Waals surface area contributed by atoms with Crippen LogP contribution in [0.1, 0.15) is 25.7 Å². The smallest absolute Gasteiger partial charge is 0.240 e. The van der Waals surface area contributed by atoms with Crippen LogP contribution in [0, 0.1) is 0 Å². The summed E-state index contributed by atoms with van der Waals surface area (Å²) < 4.78 is 0. The Morgan fingerprint density at radius 3 is 2.53 bits per heavy atom. The molecule has 0 saturated carbocycles. The van der Waals surface area contributed by atoms with Crippen LogP contribution in [0.4, 0.5) is 0 Å². The predicted octanol–water partition coefficient (Wildman–Crippen LogP) is -2.01. The molecule has 6 heteroatoms. The highest BCUT2D eigenvalue weighted by Gasteiger charge is 2.31. The average molecular weight is 213 g/mol. The molecule has 2 N–H and O–H groups in total. The zero-order valence-electron chi connectivity index (χ0n) is 8.27. The van der Waals surface area contributed by atoms with Crippen LogP contribution >= 0.6 is 0 Å². The van der Waals surface area contributed by atoms with E-state index < -0.39 is 17.9 Å². The molecule has 1 atom stereocenters. The second kappa shape index (κ2) is 4.77. The van der Waals surface area contributed by atoms with Crippen LogP contribution in [0.3, 0.4) is 0 Å². The van der Waals surface area contributed by atoms with E-state index in [0.717, 1.165) is 6.42 Å². The normalized spacial score (nSPS) is 20.3. The number of hydrogen-bond acceptors (Lipinski definition) is 4. The maximum atomic E-state index is 11.5. The maximum Gasteiger partial charge on any atom is 0.240 e. The van der Waals surface area contributed by atoms with Gasteiger partial charge in [-0.15, -0.1) is 0 Å². The molecular weight excluding hydrogens is 200 g/mol. The molecule has 1 saturated heterocycles. The summed E-state index contributed by atoms with van der Waals surface area (Å²) >= 11 is 0. The maximum absolute atomic E-state index is 11.5. The number of likely N-dealkylation sites (tertiary alicyclic amines) is 1. The highest BCUT2D eigenvalue weighted by molar-refractivity contribution is 5.88. The van der Waals surface area contributed by atoms with Crippen molar-refractivity contribution in [1.82, 2.24) is 4.90 Å². The van der Waals surface area contributed by atoms with Gasteiger partial charge in [0, 0.05) is 18.9 Å². The fraction of sp³-hybridized carbons (Fsp3) is 0.667. The first-order chi connectivity index (χ1) is 7.02. The van der Waals surface area contributed by atoms with Crippen molar-refractivity contribution in [2.45, 2.75) is 31.7 Å². The molecule has 1 fully saturated rings. The summed E-state index contributed by atoms with van der Waals surface area (Å²) in [4.78, 5) is 34.0. The minimum absolute atomic E-state index is 0.133. The van der Waals surface area contributed by atoms with Gasteiger partial charge in [-0.3, -0.25) is 9.59 Å². The van der Waals surface area contributed by atoms with Gasteiger partial charge < -0.3 is 20.5 Å². The summed E-state index contributed by atoms with van der Waals surface area (Å²) in [5.74, 6) is -2.15. The van der Waals surface area contributed by atoms with Crippen LogP contribution < -0.4 is 10.8 Å². The van der Waals surface area contributed by atoms with E-state index in [0.29, 0.717) is 13.0 Å². The van der Waals surface area contributed by atoms with Crippen molar-refractivity contribution < 1.29 is 19.5 Å². The molecule has 0 aromatic carbocycles. The second-order valence-corrected chi connectivity index (χ2v) is 3.52. The molecule has 0 aromatic rings. The van der Waals surface area contributed by atoms with Gasteiger partial charge in [0.05, 0.1) is 0 Å². The Hall–Kier alpha value is -1.59. The van der Waals surface area contributed by atoms with E-state index in [1.165, 1.54) is 4.90 Å². The minimum atomic E-state index is -1.27. The van der Waals surface area contributed by atoms with Gasteiger partial charge in [-0.1, -0.05) is 0 Å². The molecule has 1 aliphatic heterocycles. The number of primary amides is 1. The summed E-state index contributed by atoms with van der Waals surface area (Å²) in [6.07, 6.45) is 0.837. The number of carbonyl (C=O) groups is 3. The molecule has 0 aliphatic carbocycles. The van der Waals surface area contributed by atoms with Crippen LogP contribution in [-0.2, 0) is 14.4 Å². The zero-order chi connectivity index (χ0) is 11.4. The molecule has 0 unspecified atom stereocenters. The third kappa shape index (κ3) is 2.93. The fourth-order valence-electron chi connectivity index (χ4n) is 1.71. The Balaban J connectivity index is 2.51. The molecule has 1 aliphatic rings. The largest absolute Gasteiger partial charge is 0.550 e. The number of carboxylic acid groups (broad SMARTS) is 1. The summed E-state index contributed by atoms with van der Waals surface area (Å²) in [6, 6.07) is -0.570. The Bertz CT molecular complexity index is 290. The van der Waals surface area contributed by atoms with Crippen molar-refractivity contribution in [2.24, 2.45) is 5.73 Å². The van der Waals surface area contributed by atoms with Crippen molar-refractivity contribution in [3.63, 3.8) is 0 Å². The van der Waals surface area contributed by atoms with E-state index >= 15 is 0 Å². The molecular formula is C9H13N2O4-. The highest BCUT2D eigenvalue weighted by Crippen LogP contribution is 2.18. The second-order valence-electron chi connectivity index (χ2n) is 3.52. The first kappa shape index (κ1) is 11.5. The third-order valence-electron chi connectivity index (χ3n) is 2.44. The number of aliphatic carboxylic acids is 1. The number of nitrogens with two attached hydrogens (primary N) is 1. The van der Waals surface area contributed by atoms with Crippen LogP contribution in [0.5, 0.6) is 0 Å². The predicted molar refractivity (Wildman–Crippen MR) is 48.2 cm³/mol. The lowest BCUT2D eigenvalue weighted by Gasteiger charge is -2.22. The van der Waals surface area contributed by atoms with Crippen molar-refractivity contribution >= 4 is 17.8 Å². The number of hydrogen-bond donors (Lipinski definition) is 1. The lowest BCUT2D eigenvalue weighted by Crippen LogP contribution is -2.44. The Morgan fingerprint density at radius 2 is 2.00 bits per heavy atom. The van der Waals surface area contributed by atoms with Gasteiger partial charge in [0.1, 0.15) is 6.04 Å². The molecule has 0 aromatic heterocycles. The molecule has 0 radical (unpaired) electrons. The van der Waals surface area contributed by atoms with Crippen LogP contribution in [0.2, 0.25) is 0 Å². The standard InChI is InChI=1S/C9H14N2O4/c10-9(15)6-2-1-5-11(6)7(12)3-4-8(13)14/h6H,1-5H2,(H2,10,15)(H,13,14)/p-1/t6-/m0/s1. The molecule has 15 heavy (non-hydrogen) atoms. The van der Waals surface area contributed by atoms with Gasteiger partial charge in [-0.05, 0) is 19.3 Å². The topological polar surface area (TPSA) is 104 Å². The number of amides is 2. The Morgan fingerprint density at radius 1 is 1.33 bits per heavy atom. The molecule has 0 spiro atoms. The molecule has 1 rings (SSSR count). The lowest BCUT2D eigenvalue weighted by molar-refractivity contribution is -0.305. The zero-order valence-corrected chi connectivity index (χ0v) is 8.27. The van der Waals surface area contributed by atoms with Crippen molar-refractivity contribution in [1.29, 1.82) is 0 Å². The molecule has 0 bridgehead atoms. The Kier molecular flexibility index (Phi) is 3.65. The summed E-state index contributed by atoms with van der Waals surface area (Å²) in [7, 11) is 0. The number of carbonyl (C=O) groups excluding carboxylic acids is 3. The van der Waals surface area contributed by atoms with Gasteiger partial charge in [-0.2, -0.15) is 0 Å². The third-order valence-corrected chi connectivity index (χ3v) is 2.44. The summed E-state index contributed by atoms with van der Waals surface area (Å²) in [5.41, 5.74) is 5.12. The van der Waals surface area contributed by atoms with Gasteiger partial charge in [0.25, 0.3) is 0 Å². The van der Waals surface area contributed by atoms with Gasteiger partial charge >= 0.3 is 0 Å². The monoisotopic (exact) mass is 213 g/mol. The Labute approximate surface area is 87.0 Å².